The van der Waals surface area contributed by atoms with Crippen LogP contribution in [0.2, 0.25) is 0 Å². The molecule has 0 radical (unpaired) electrons. The average Bonchev–Trinajstić information content (AvgIpc) is 2.48. The largest absolute Gasteiger partial charge is 0.391 e. The van der Waals surface area contributed by atoms with Gasteiger partial charge in [-0.3, -0.25) is 5.41 Å². The Balaban J connectivity index is 3.21. The summed E-state index contributed by atoms with van der Waals surface area (Å²) in [5.74, 6) is -0.366. The molecule has 0 saturated heterocycles. The highest BCUT2D eigenvalue weighted by Gasteiger charge is 2.20. The SMILES string of the molecule is CCN/C=C(\C(=N)Cl)C(O)/C(=C/C(C)=N)Nc1ccc(F)cc1I. The lowest BCUT2D eigenvalue weighted by Gasteiger charge is -2.20. The molecule has 1 unspecified atom stereocenters. The van der Waals surface area contributed by atoms with Gasteiger partial charge >= 0.3 is 0 Å². The molecule has 0 bridgehead atoms. The van der Waals surface area contributed by atoms with E-state index in [1.165, 1.54) is 30.5 Å². The zero-order valence-electron chi connectivity index (χ0n) is 13.3. The number of anilines is 1. The van der Waals surface area contributed by atoms with Gasteiger partial charge in [0.05, 0.1) is 11.4 Å². The van der Waals surface area contributed by atoms with Crippen LogP contribution < -0.4 is 10.6 Å². The fourth-order valence-corrected chi connectivity index (χ4v) is 2.57. The van der Waals surface area contributed by atoms with Gasteiger partial charge in [-0.05, 0) is 60.7 Å². The molecule has 0 aromatic heterocycles. The van der Waals surface area contributed by atoms with Crippen LogP contribution in [0.1, 0.15) is 13.8 Å². The smallest absolute Gasteiger partial charge is 0.128 e. The number of allylic oxidation sites excluding steroid dienone is 1. The zero-order valence-corrected chi connectivity index (χ0v) is 16.2. The van der Waals surface area contributed by atoms with Crippen molar-refractivity contribution in [3.05, 3.63) is 51.1 Å². The van der Waals surface area contributed by atoms with Gasteiger partial charge in [-0.2, -0.15) is 0 Å². The molecule has 5 N–H and O–H groups in total. The maximum Gasteiger partial charge on any atom is 0.128 e. The zero-order chi connectivity index (χ0) is 18.3. The fraction of sp³-hybridized carbons (Fsp3) is 0.250. The molecule has 1 aromatic carbocycles. The van der Waals surface area contributed by atoms with Crippen molar-refractivity contribution in [1.82, 2.24) is 5.32 Å². The summed E-state index contributed by atoms with van der Waals surface area (Å²) < 4.78 is 13.9. The summed E-state index contributed by atoms with van der Waals surface area (Å²) in [4.78, 5) is 0. The number of benzene rings is 1. The lowest BCUT2D eigenvalue weighted by molar-refractivity contribution is 0.254. The number of halogens is 3. The minimum Gasteiger partial charge on any atom is -0.391 e. The molecule has 1 rings (SSSR count). The number of aliphatic hydroxyl groups excluding tert-OH is 1. The second kappa shape index (κ2) is 9.75. The van der Waals surface area contributed by atoms with Crippen LogP contribution in [-0.2, 0) is 0 Å². The second-order valence-electron chi connectivity index (χ2n) is 4.91. The Hall–Kier alpha value is -1.45. The Morgan fingerprint density at radius 1 is 1.46 bits per heavy atom. The highest BCUT2D eigenvalue weighted by Crippen LogP contribution is 2.23. The Bertz CT molecular complexity index is 691. The Morgan fingerprint density at radius 2 is 2.12 bits per heavy atom. The number of hydrogen-bond donors (Lipinski definition) is 5. The second-order valence-corrected chi connectivity index (χ2v) is 6.45. The van der Waals surface area contributed by atoms with Gasteiger partial charge in [0, 0.05) is 27.6 Å². The third-order valence-electron chi connectivity index (χ3n) is 2.89. The van der Waals surface area contributed by atoms with Crippen molar-refractivity contribution >= 4 is 50.8 Å². The predicted octanol–water partition coefficient (Wildman–Crippen LogP) is 3.84. The minimum atomic E-state index is -1.24. The molecule has 130 valence electrons. The number of aliphatic hydroxyl groups is 1. The molecule has 0 aliphatic rings. The van der Waals surface area contributed by atoms with Crippen molar-refractivity contribution in [3.8, 4) is 0 Å². The van der Waals surface area contributed by atoms with Crippen LogP contribution in [0, 0.1) is 20.2 Å². The molecule has 1 aromatic rings. The minimum absolute atomic E-state index is 0.163. The first-order valence-electron chi connectivity index (χ1n) is 7.11. The number of hydrogen-bond acceptors (Lipinski definition) is 5. The van der Waals surface area contributed by atoms with Gasteiger partial charge in [0.15, 0.2) is 0 Å². The number of nitrogens with one attached hydrogen (secondary N) is 4. The maximum absolute atomic E-state index is 13.2. The van der Waals surface area contributed by atoms with Crippen LogP contribution in [0.25, 0.3) is 0 Å². The Morgan fingerprint density at radius 3 is 2.62 bits per heavy atom. The van der Waals surface area contributed by atoms with Crippen molar-refractivity contribution in [2.24, 2.45) is 0 Å². The van der Waals surface area contributed by atoms with E-state index in [0.29, 0.717) is 15.8 Å². The third-order valence-corrected chi connectivity index (χ3v) is 4.00. The first-order valence-corrected chi connectivity index (χ1v) is 8.56. The van der Waals surface area contributed by atoms with Crippen molar-refractivity contribution < 1.29 is 9.50 Å². The van der Waals surface area contributed by atoms with E-state index >= 15 is 0 Å². The van der Waals surface area contributed by atoms with E-state index < -0.39 is 6.10 Å². The van der Waals surface area contributed by atoms with Gasteiger partial charge in [-0.1, -0.05) is 11.6 Å². The van der Waals surface area contributed by atoms with Crippen LogP contribution in [0.4, 0.5) is 10.1 Å². The summed E-state index contributed by atoms with van der Waals surface area (Å²) in [7, 11) is 0. The number of rotatable bonds is 8. The Kier molecular flexibility index (Phi) is 8.37. The van der Waals surface area contributed by atoms with Crippen molar-refractivity contribution in [3.63, 3.8) is 0 Å². The molecule has 0 aliphatic carbocycles. The molecular weight excluding hydrogens is 446 g/mol. The first kappa shape index (κ1) is 20.6. The molecule has 0 aliphatic heterocycles. The summed E-state index contributed by atoms with van der Waals surface area (Å²) >= 11 is 7.73. The third kappa shape index (κ3) is 6.21. The molecule has 0 saturated carbocycles. The lowest BCUT2D eigenvalue weighted by atomic mass is 10.1. The van der Waals surface area contributed by atoms with Crippen LogP contribution >= 0.6 is 34.2 Å². The molecule has 0 spiro atoms. The summed E-state index contributed by atoms with van der Waals surface area (Å²) in [5, 5.41) is 31.4. The van der Waals surface area contributed by atoms with Crippen LogP contribution in [0.5, 0.6) is 0 Å². The summed E-state index contributed by atoms with van der Waals surface area (Å²) in [6.45, 7) is 4.03. The lowest BCUT2D eigenvalue weighted by Crippen LogP contribution is -2.25. The molecule has 5 nitrogen and oxygen atoms in total. The van der Waals surface area contributed by atoms with Gasteiger partial charge in [0.25, 0.3) is 0 Å². The van der Waals surface area contributed by atoms with Crippen molar-refractivity contribution in [2.45, 2.75) is 20.0 Å². The average molecular weight is 465 g/mol. The predicted molar refractivity (Wildman–Crippen MR) is 106 cm³/mol. The van der Waals surface area contributed by atoms with Gasteiger partial charge in [-0.25, -0.2) is 4.39 Å². The topological polar surface area (TPSA) is 92.0 Å². The quantitative estimate of drug-likeness (QED) is 0.299. The molecule has 8 heteroatoms. The highest BCUT2D eigenvalue weighted by molar-refractivity contribution is 14.1. The summed E-state index contributed by atoms with van der Waals surface area (Å²) in [6.07, 6.45) is 1.66. The maximum atomic E-state index is 13.2. The molecule has 0 heterocycles. The molecule has 1 atom stereocenters. The van der Waals surface area contributed by atoms with E-state index in [4.69, 9.17) is 22.4 Å². The van der Waals surface area contributed by atoms with Gasteiger partial charge in [0.1, 0.15) is 17.1 Å². The summed E-state index contributed by atoms with van der Waals surface area (Å²) in [5.41, 5.74) is 1.21. The van der Waals surface area contributed by atoms with E-state index in [1.54, 1.807) is 6.92 Å². The molecule has 0 fully saturated rings. The monoisotopic (exact) mass is 464 g/mol. The van der Waals surface area contributed by atoms with E-state index in [2.05, 4.69) is 10.6 Å². The summed E-state index contributed by atoms with van der Waals surface area (Å²) in [6, 6.07) is 4.19. The molecule has 24 heavy (non-hydrogen) atoms. The van der Waals surface area contributed by atoms with E-state index in [-0.39, 0.29) is 28.0 Å². The van der Waals surface area contributed by atoms with Gasteiger partial charge < -0.3 is 21.1 Å². The van der Waals surface area contributed by atoms with Crippen molar-refractivity contribution in [1.29, 1.82) is 10.8 Å². The van der Waals surface area contributed by atoms with E-state index in [9.17, 15) is 9.50 Å². The van der Waals surface area contributed by atoms with Gasteiger partial charge in [-0.15, -0.1) is 0 Å². The van der Waals surface area contributed by atoms with E-state index in [0.717, 1.165) is 0 Å². The molecule has 0 amide bonds. The Labute approximate surface area is 159 Å². The normalized spacial score (nSPS) is 13.4. The standard InChI is InChI=1S/C16H19ClFIN4O/c1-3-22-8-11(16(17)21)15(24)14(6-9(2)20)23-13-5-4-10(18)7-12(13)19/h4-8,15,20-24H,3H2,1-2H3/b11-8-,14-6-,20-9?,21-16?. The van der Waals surface area contributed by atoms with E-state index in [1.807, 2.05) is 29.5 Å². The van der Waals surface area contributed by atoms with Crippen molar-refractivity contribution in [2.75, 3.05) is 11.9 Å². The molecular formula is C16H19ClFIN4O. The first-order chi connectivity index (χ1) is 11.3. The van der Waals surface area contributed by atoms with Crippen LogP contribution in [0.3, 0.4) is 0 Å². The highest BCUT2D eigenvalue weighted by atomic mass is 127. The van der Waals surface area contributed by atoms with Crippen LogP contribution in [0.15, 0.2) is 41.7 Å². The fourth-order valence-electron chi connectivity index (χ4n) is 1.80. The van der Waals surface area contributed by atoms with Gasteiger partial charge in [0.2, 0.25) is 0 Å². The van der Waals surface area contributed by atoms with Crippen LogP contribution in [-0.4, -0.2) is 28.6 Å².